The number of fused-ring (bicyclic) bond motifs is 4. The van der Waals surface area contributed by atoms with Crippen LogP contribution in [0.25, 0.3) is 5.57 Å². The zero-order chi connectivity index (χ0) is 17.6. The Labute approximate surface area is 163 Å². The van der Waals surface area contributed by atoms with Crippen LogP contribution in [-0.4, -0.2) is 46.4 Å². The van der Waals surface area contributed by atoms with Gasteiger partial charge < -0.3 is 15.2 Å². The molecule has 3 unspecified atom stereocenters. The minimum absolute atomic E-state index is 0.180. The highest BCUT2D eigenvalue weighted by Crippen LogP contribution is 2.43. The van der Waals surface area contributed by atoms with Gasteiger partial charge in [0.2, 0.25) is 0 Å². The second-order valence-corrected chi connectivity index (χ2v) is 8.61. The first-order chi connectivity index (χ1) is 12.1. The molecule has 5 rings (SSSR count). The van der Waals surface area contributed by atoms with Crippen molar-refractivity contribution in [2.75, 3.05) is 25.5 Å². The highest BCUT2D eigenvalue weighted by atomic mass is 127. The third kappa shape index (κ3) is 3.11. The molecule has 6 atom stereocenters. The topological polar surface area (TPSA) is 44.7 Å². The standard InChI is InChI=1S/C20H25IN2O2/c1-3-12-11-23-7-6-13(12)8-18(23)20(24)16-10-19(21)22-17-5-4-14(25-2)9-15(16)17/h3-5,9-10,12-13,18-20,22,24H,1,6-8,11H2,2H3/t12-,13?,18-,19?,20+/m0/s1. The molecule has 4 aliphatic heterocycles. The van der Waals surface area contributed by atoms with Crippen molar-refractivity contribution in [3.05, 3.63) is 42.5 Å². The van der Waals surface area contributed by atoms with Gasteiger partial charge in [-0.3, -0.25) is 4.90 Å². The van der Waals surface area contributed by atoms with E-state index in [9.17, 15) is 5.11 Å². The van der Waals surface area contributed by atoms with Crippen LogP contribution in [0.5, 0.6) is 5.75 Å². The number of methoxy groups -OCH3 is 1. The molecule has 25 heavy (non-hydrogen) atoms. The molecule has 2 bridgehead atoms. The van der Waals surface area contributed by atoms with Gasteiger partial charge >= 0.3 is 0 Å². The molecule has 2 N–H and O–H groups in total. The number of benzene rings is 1. The van der Waals surface area contributed by atoms with Gasteiger partial charge in [0.25, 0.3) is 0 Å². The molecule has 0 saturated carbocycles. The first-order valence-corrected chi connectivity index (χ1v) is 10.2. The number of rotatable bonds is 4. The Hall–Kier alpha value is -1.05. The number of halogens is 1. The van der Waals surface area contributed by atoms with Crippen LogP contribution in [0, 0.1) is 11.8 Å². The molecule has 3 saturated heterocycles. The fourth-order valence-electron chi connectivity index (χ4n) is 4.62. The summed E-state index contributed by atoms with van der Waals surface area (Å²) in [7, 11) is 1.68. The van der Waals surface area contributed by atoms with Crippen LogP contribution in [0.15, 0.2) is 36.9 Å². The van der Waals surface area contributed by atoms with Gasteiger partial charge in [-0.25, -0.2) is 0 Å². The van der Waals surface area contributed by atoms with E-state index in [2.05, 4.69) is 51.5 Å². The van der Waals surface area contributed by atoms with E-state index in [1.54, 1.807) is 7.11 Å². The van der Waals surface area contributed by atoms with Gasteiger partial charge in [0.15, 0.2) is 0 Å². The molecule has 4 aliphatic rings. The Morgan fingerprint density at radius 2 is 2.32 bits per heavy atom. The average molecular weight is 452 g/mol. The lowest BCUT2D eigenvalue weighted by atomic mass is 9.73. The van der Waals surface area contributed by atoms with E-state index in [0.717, 1.165) is 42.1 Å². The number of nitrogens with zero attached hydrogens (tertiary/aromatic N) is 1. The maximum atomic E-state index is 11.3. The predicted octanol–water partition coefficient (Wildman–Crippen LogP) is 3.52. The zero-order valence-corrected chi connectivity index (χ0v) is 16.6. The maximum Gasteiger partial charge on any atom is 0.119 e. The molecule has 0 aromatic heterocycles. The molecule has 4 heterocycles. The number of alkyl halides is 1. The molecule has 4 nitrogen and oxygen atoms in total. The van der Waals surface area contributed by atoms with E-state index in [0.29, 0.717) is 11.8 Å². The van der Waals surface area contributed by atoms with Crippen molar-refractivity contribution in [3.63, 3.8) is 0 Å². The summed E-state index contributed by atoms with van der Waals surface area (Å²) in [6.45, 7) is 6.11. The summed E-state index contributed by atoms with van der Waals surface area (Å²) in [4.78, 5) is 2.46. The summed E-state index contributed by atoms with van der Waals surface area (Å²) in [5, 5.41) is 14.8. The molecule has 134 valence electrons. The smallest absolute Gasteiger partial charge is 0.119 e. The van der Waals surface area contributed by atoms with Gasteiger partial charge in [-0.2, -0.15) is 0 Å². The first-order valence-electron chi connectivity index (χ1n) is 8.96. The summed E-state index contributed by atoms with van der Waals surface area (Å²) in [6.07, 6.45) is 6.05. The SMILES string of the molecule is C=C[C@H]1CN2CCC1C[C@H]2[C@H](O)C1=CC(I)Nc2ccc(OC)cc21. The number of piperidine rings is 3. The number of anilines is 1. The number of nitrogens with one attached hydrogen (secondary N) is 1. The Balaban J connectivity index is 1.64. The number of hydrogen-bond acceptors (Lipinski definition) is 4. The minimum Gasteiger partial charge on any atom is -0.497 e. The number of hydrogen-bond donors (Lipinski definition) is 2. The van der Waals surface area contributed by atoms with E-state index in [1.807, 2.05) is 18.2 Å². The summed E-state index contributed by atoms with van der Waals surface area (Å²) in [5.74, 6) is 2.05. The Bertz CT molecular complexity index is 705. The van der Waals surface area contributed by atoms with Crippen LogP contribution in [0.4, 0.5) is 5.69 Å². The quantitative estimate of drug-likeness (QED) is 0.318. The maximum absolute atomic E-state index is 11.3. The molecular weight excluding hydrogens is 427 g/mol. The molecule has 3 fully saturated rings. The molecule has 0 radical (unpaired) electrons. The molecule has 1 aromatic rings. The van der Waals surface area contributed by atoms with Crippen LogP contribution in [0.1, 0.15) is 18.4 Å². The fraction of sp³-hybridized carbons (Fsp3) is 0.500. The first kappa shape index (κ1) is 17.4. The van der Waals surface area contributed by atoms with Crippen molar-refractivity contribution < 1.29 is 9.84 Å². The van der Waals surface area contributed by atoms with E-state index in [4.69, 9.17) is 4.74 Å². The highest BCUT2D eigenvalue weighted by molar-refractivity contribution is 14.1. The number of aliphatic hydroxyl groups is 1. The van der Waals surface area contributed by atoms with Gasteiger partial charge in [-0.05, 0) is 61.1 Å². The van der Waals surface area contributed by atoms with Crippen molar-refractivity contribution in [2.24, 2.45) is 11.8 Å². The van der Waals surface area contributed by atoms with Crippen LogP contribution < -0.4 is 10.1 Å². The van der Waals surface area contributed by atoms with Crippen molar-refractivity contribution >= 4 is 33.9 Å². The number of ether oxygens (including phenoxy) is 1. The fourth-order valence-corrected chi connectivity index (χ4v) is 5.35. The van der Waals surface area contributed by atoms with Crippen molar-refractivity contribution in [1.29, 1.82) is 0 Å². The van der Waals surface area contributed by atoms with Gasteiger partial charge in [0, 0.05) is 23.8 Å². The average Bonchev–Trinajstić information content (AvgIpc) is 2.66. The summed E-state index contributed by atoms with van der Waals surface area (Å²) in [6, 6.07) is 6.23. The Morgan fingerprint density at radius 1 is 1.48 bits per heavy atom. The van der Waals surface area contributed by atoms with E-state index in [1.165, 1.54) is 6.42 Å². The van der Waals surface area contributed by atoms with Crippen molar-refractivity contribution in [2.45, 2.75) is 29.0 Å². The third-order valence-electron chi connectivity index (χ3n) is 5.99. The third-order valence-corrected chi connectivity index (χ3v) is 6.67. The lowest BCUT2D eigenvalue weighted by Crippen LogP contribution is -2.57. The van der Waals surface area contributed by atoms with E-state index < -0.39 is 6.10 Å². The highest BCUT2D eigenvalue weighted by Gasteiger charge is 2.43. The second kappa shape index (κ2) is 6.93. The zero-order valence-electron chi connectivity index (χ0n) is 14.5. The Morgan fingerprint density at radius 3 is 3.00 bits per heavy atom. The van der Waals surface area contributed by atoms with Gasteiger partial charge in [0.05, 0.1) is 17.3 Å². The van der Waals surface area contributed by atoms with Crippen molar-refractivity contribution in [1.82, 2.24) is 4.90 Å². The normalized spacial score (nSPS) is 34.5. The van der Waals surface area contributed by atoms with Gasteiger partial charge in [-0.1, -0.05) is 28.7 Å². The van der Waals surface area contributed by atoms with E-state index >= 15 is 0 Å². The monoisotopic (exact) mass is 452 g/mol. The lowest BCUT2D eigenvalue weighted by molar-refractivity contribution is -0.0254. The van der Waals surface area contributed by atoms with Crippen LogP contribution in [0.3, 0.4) is 0 Å². The molecule has 1 aromatic carbocycles. The Kier molecular flexibility index (Phi) is 4.81. The van der Waals surface area contributed by atoms with Gasteiger partial charge in [0.1, 0.15) is 5.75 Å². The summed E-state index contributed by atoms with van der Waals surface area (Å²) >= 11 is 2.37. The van der Waals surface area contributed by atoms with Gasteiger partial charge in [-0.15, -0.1) is 6.58 Å². The molecular formula is C20H25IN2O2. The van der Waals surface area contributed by atoms with Crippen molar-refractivity contribution in [3.8, 4) is 5.75 Å². The minimum atomic E-state index is -0.473. The number of aliphatic hydroxyl groups excluding tert-OH is 1. The second-order valence-electron chi connectivity index (χ2n) is 7.27. The lowest BCUT2D eigenvalue weighted by Gasteiger charge is -2.51. The summed E-state index contributed by atoms with van der Waals surface area (Å²) in [5.41, 5.74) is 3.15. The van der Waals surface area contributed by atoms with Crippen LogP contribution in [0.2, 0.25) is 0 Å². The van der Waals surface area contributed by atoms with Crippen LogP contribution >= 0.6 is 22.6 Å². The molecule has 0 spiro atoms. The van der Waals surface area contributed by atoms with Crippen LogP contribution in [-0.2, 0) is 0 Å². The van der Waals surface area contributed by atoms with E-state index in [-0.39, 0.29) is 10.1 Å². The molecule has 5 heteroatoms. The predicted molar refractivity (Wildman–Crippen MR) is 110 cm³/mol. The molecule has 0 aliphatic carbocycles. The largest absolute Gasteiger partial charge is 0.497 e. The summed E-state index contributed by atoms with van der Waals surface area (Å²) < 4.78 is 5.58. The molecule has 0 amide bonds.